The molecule has 7 heteroatoms. The molecule has 2 amide bonds. The average molecular weight is 412 g/mol. The lowest BCUT2D eigenvalue weighted by molar-refractivity contribution is -0.143. The minimum absolute atomic E-state index is 0.0900. The van der Waals surface area contributed by atoms with Gasteiger partial charge in [-0.15, -0.1) is 0 Å². The van der Waals surface area contributed by atoms with Crippen molar-refractivity contribution in [3.8, 4) is 17.2 Å². The minimum atomic E-state index is -0.632. The van der Waals surface area contributed by atoms with Crippen molar-refractivity contribution in [3.05, 3.63) is 54.6 Å². The van der Waals surface area contributed by atoms with Crippen molar-refractivity contribution in [2.75, 3.05) is 32.8 Å². The summed E-state index contributed by atoms with van der Waals surface area (Å²) in [5.41, 5.74) is 0. The van der Waals surface area contributed by atoms with Crippen LogP contribution in [0.2, 0.25) is 0 Å². The lowest BCUT2D eigenvalue weighted by Gasteiger charge is -2.36. The Bertz CT molecular complexity index is 817. The lowest BCUT2D eigenvalue weighted by atomic mass is 10.2. The van der Waals surface area contributed by atoms with Gasteiger partial charge in [0.05, 0.1) is 6.61 Å². The van der Waals surface area contributed by atoms with Crippen molar-refractivity contribution >= 4 is 11.8 Å². The number of nitrogens with zero attached hydrogens (tertiary/aromatic N) is 2. The Morgan fingerprint density at radius 1 is 0.933 bits per heavy atom. The van der Waals surface area contributed by atoms with Crippen LogP contribution in [-0.2, 0) is 9.59 Å². The standard InChI is InChI=1S/C23H28N2O5/c1-18(30-21-11-9-19(26)10-12-21)23(28)25-15-13-24(14-16-25)22(27)8-5-17-29-20-6-3-2-4-7-20/h2-4,6-7,9-12,18,26H,5,8,13-17H2,1H3. The van der Waals surface area contributed by atoms with Crippen LogP contribution in [0.4, 0.5) is 0 Å². The zero-order valence-electron chi connectivity index (χ0n) is 17.2. The first-order chi connectivity index (χ1) is 14.5. The van der Waals surface area contributed by atoms with Crippen molar-refractivity contribution in [1.29, 1.82) is 0 Å². The number of ether oxygens (including phenoxy) is 2. The summed E-state index contributed by atoms with van der Waals surface area (Å²) < 4.78 is 11.3. The Morgan fingerprint density at radius 2 is 1.57 bits per heavy atom. The molecule has 1 N–H and O–H groups in total. The van der Waals surface area contributed by atoms with E-state index in [1.165, 1.54) is 12.1 Å². The van der Waals surface area contributed by atoms with Gasteiger partial charge in [-0.05, 0) is 49.7 Å². The van der Waals surface area contributed by atoms with E-state index in [1.54, 1.807) is 28.9 Å². The molecule has 1 aliphatic heterocycles. The summed E-state index contributed by atoms with van der Waals surface area (Å²) in [5.74, 6) is 1.47. The monoisotopic (exact) mass is 412 g/mol. The van der Waals surface area contributed by atoms with E-state index in [-0.39, 0.29) is 17.6 Å². The summed E-state index contributed by atoms with van der Waals surface area (Å²) in [4.78, 5) is 28.6. The van der Waals surface area contributed by atoms with Gasteiger partial charge in [-0.1, -0.05) is 18.2 Å². The first kappa shape index (κ1) is 21.5. The second-order valence-corrected chi connectivity index (χ2v) is 7.23. The highest BCUT2D eigenvalue weighted by Gasteiger charge is 2.27. The number of hydrogen-bond acceptors (Lipinski definition) is 5. The van der Waals surface area contributed by atoms with Crippen LogP contribution in [0.25, 0.3) is 0 Å². The predicted molar refractivity (Wildman–Crippen MR) is 113 cm³/mol. The highest BCUT2D eigenvalue weighted by molar-refractivity contribution is 5.81. The number of carbonyl (C=O) groups excluding carboxylic acids is 2. The van der Waals surface area contributed by atoms with Crippen LogP contribution in [-0.4, -0.2) is 65.6 Å². The predicted octanol–water partition coefficient (Wildman–Crippen LogP) is 2.69. The molecule has 160 valence electrons. The Morgan fingerprint density at radius 3 is 2.23 bits per heavy atom. The molecule has 1 fully saturated rings. The van der Waals surface area contributed by atoms with E-state index < -0.39 is 6.10 Å². The first-order valence-corrected chi connectivity index (χ1v) is 10.2. The van der Waals surface area contributed by atoms with Gasteiger partial charge in [0, 0.05) is 32.6 Å². The molecular formula is C23H28N2O5. The maximum atomic E-state index is 12.6. The molecule has 0 spiro atoms. The van der Waals surface area contributed by atoms with Crippen LogP contribution in [0.15, 0.2) is 54.6 Å². The molecule has 1 heterocycles. The van der Waals surface area contributed by atoms with Crippen molar-refractivity contribution in [3.63, 3.8) is 0 Å². The molecule has 2 aromatic rings. The number of hydrogen-bond donors (Lipinski definition) is 1. The normalized spacial score (nSPS) is 14.8. The van der Waals surface area contributed by atoms with E-state index in [0.717, 1.165) is 5.75 Å². The molecule has 30 heavy (non-hydrogen) atoms. The number of piperazine rings is 1. The molecule has 0 saturated carbocycles. The van der Waals surface area contributed by atoms with Crippen molar-refractivity contribution in [2.24, 2.45) is 0 Å². The summed E-state index contributed by atoms with van der Waals surface area (Å²) in [6, 6.07) is 15.8. The number of benzene rings is 2. The average Bonchev–Trinajstić information content (AvgIpc) is 2.78. The molecular weight excluding hydrogens is 384 g/mol. The van der Waals surface area contributed by atoms with Crippen molar-refractivity contribution < 1.29 is 24.2 Å². The van der Waals surface area contributed by atoms with E-state index in [1.807, 2.05) is 30.3 Å². The molecule has 2 aromatic carbocycles. The minimum Gasteiger partial charge on any atom is -0.508 e. The van der Waals surface area contributed by atoms with Crippen LogP contribution < -0.4 is 9.47 Å². The van der Waals surface area contributed by atoms with Gasteiger partial charge in [-0.3, -0.25) is 9.59 Å². The molecule has 3 rings (SSSR count). The van der Waals surface area contributed by atoms with Gasteiger partial charge in [0.2, 0.25) is 5.91 Å². The van der Waals surface area contributed by atoms with Gasteiger partial charge in [-0.25, -0.2) is 0 Å². The number of para-hydroxylation sites is 1. The number of rotatable bonds is 8. The Hall–Kier alpha value is -3.22. The summed E-state index contributed by atoms with van der Waals surface area (Å²) >= 11 is 0. The van der Waals surface area contributed by atoms with Gasteiger partial charge in [0.15, 0.2) is 6.10 Å². The molecule has 0 aromatic heterocycles. The van der Waals surface area contributed by atoms with E-state index in [0.29, 0.717) is 51.4 Å². The Balaban J connectivity index is 1.36. The number of carbonyl (C=O) groups is 2. The highest BCUT2D eigenvalue weighted by atomic mass is 16.5. The molecule has 1 atom stereocenters. The Kier molecular flexibility index (Phi) is 7.54. The van der Waals surface area contributed by atoms with E-state index in [9.17, 15) is 14.7 Å². The molecule has 1 aliphatic rings. The largest absolute Gasteiger partial charge is 0.508 e. The number of amides is 2. The Labute approximate surface area is 176 Å². The third-order valence-electron chi connectivity index (χ3n) is 4.99. The second kappa shape index (κ2) is 10.5. The fourth-order valence-corrected chi connectivity index (χ4v) is 3.30. The highest BCUT2D eigenvalue weighted by Crippen LogP contribution is 2.18. The van der Waals surface area contributed by atoms with Crippen molar-refractivity contribution in [1.82, 2.24) is 9.80 Å². The third kappa shape index (κ3) is 6.14. The summed E-state index contributed by atoms with van der Waals surface area (Å²) in [6.07, 6.45) is 0.456. The zero-order valence-corrected chi connectivity index (χ0v) is 17.2. The second-order valence-electron chi connectivity index (χ2n) is 7.23. The van der Waals surface area contributed by atoms with Crippen LogP contribution in [0, 0.1) is 0 Å². The van der Waals surface area contributed by atoms with Gasteiger partial charge >= 0.3 is 0 Å². The van der Waals surface area contributed by atoms with Crippen LogP contribution in [0.5, 0.6) is 17.2 Å². The van der Waals surface area contributed by atoms with E-state index >= 15 is 0 Å². The summed E-state index contributed by atoms with van der Waals surface area (Å²) in [6.45, 7) is 4.24. The zero-order chi connectivity index (χ0) is 21.3. The quantitative estimate of drug-likeness (QED) is 0.675. The molecule has 1 saturated heterocycles. The molecule has 0 aliphatic carbocycles. The van der Waals surface area contributed by atoms with Crippen LogP contribution in [0.3, 0.4) is 0 Å². The van der Waals surface area contributed by atoms with Gasteiger partial charge < -0.3 is 24.4 Å². The smallest absolute Gasteiger partial charge is 0.263 e. The number of aromatic hydroxyl groups is 1. The fraction of sp³-hybridized carbons (Fsp3) is 0.391. The summed E-state index contributed by atoms with van der Waals surface area (Å²) in [7, 11) is 0. The van der Waals surface area contributed by atoms with Gasteiger partial charge in [-0.2, -0.15) is 0 Å². The van der Waals surface area contributed by atoms with Crippen LogP contribution >= 0.6 is 0 Å². The third-order valence-corrected chi connectivity index (χ3v) is 4.99. The molecule has 0 radical (unpaired) electrons. The van der Waals surface area contributed by atoms with E-state index in [2.05, 4.69) is 0 Å². The van der Waals surface area contributed by atoms with Crippen molar-refractivity contribution in [2.45, 2.75) is 25.9 Å². The van der Waals surface area contributed by atoms with E-state index in [4.69, 9.17) is 9.47 Å². The number of phenolic OH excluding ortho intramolecular Hbond substituents is 1. The molecule has 1 unspecified atom stereocenters. The number of phenols is 1. The maximum absolute atomic E-state index is 12.6. The maximum Gasteiger partial charge on any atom is 0.263 e. The fourth-order valence-electron chi connectivity index (χ4n) is 3.30. The lowest BCUT2D eigenvalue weighted by Crippen LogP contribution is -2.53. The topological polar surface area (TPSA) is 79.3 Å². The van der Waals surface area contributed by atoms with Crippen LogP contribution in [0.1, 0.15) is 19.8 Å². The van der Waals surface area contributed by atoms with Gasteiger partial charge in [0.25, 0.3) is 5.91 Å². The molecule has 7 nitrogen and oxygen atoms in total. The first-order valence-electron chi connectivity index (χ1n) is 10.2. The molecule has 0 bridgehead atoms. The SMILES string of the molecule is CC(Oc1ccc(O)cc1)C(=O)N1CCN(C(=O)CCCOc2ccccc2)CC1. The summed E-state index contributed by atoms with van der Waals surface area (Å²) in [5, 5.41) is 9.32. The van der Waals surface area contributed by atoms with Gasteiger partial charge in [0.1, 0.15) is 17.2 Å².